The Bertz CT molecular complexity index is 668. The lowest BCUT2D eigenvalue weighted by Crippen LogP contribution is -2.51. The fourth-order valence-corrected chi connectivity index (χ4v) is 3.33. The molecule has 0 bridgehead atoms. The van der Waals surface area contributed by atoms with Crippen LogP contribution in [0.15, 0.2) is 18.2 Å². The topological polar surface area (TPSA) is 93.9 Å². The van der Waals surface area contributed by atoms with Gasteiger partial charge in [-0.25, -0.2) is 0 Å². The van der Waals surface area contributed by atoms with Gasteiger partial charge in [-0.1, -0.05) is 11.6 Å². The molecule has 0 saturated carbocycles. The molecule has 25 heavy (non-hydrogen) atoms. The van der Waals surface area contributed by atoms with Gasteiger partial charge in [0.15, 0.2) is 5.79 Å². The van der Waals surface area contributed by atoms with Crippen molar-refractivity contribution in [3.8, 4) is 0 Å². The van der Waals surface area contributed by atoms with Gasteiger partial charge >= 0.3 is 0 Å². The minimum Gasteiger partial charge on any atom is -0.347 e. The molecule has 3 rings (SSSR count). The Labute approximate surface area is 150 Å². The predicted molar refractivity (Wildman–Crippen MR) is 91.6 cm³/mol. The summed E-state index contributed by atoms with van der Waals surface area (Å²) in [4.78, 5) is 24.9. The van der Waals surface area contributed by atoms with E-state index in [1.165, 1.54) is 18.2 Å². The van der Waals surface area contributed by atoms with Gasteiger partial charge in [0.1, 0.15) is 0 Å². The third-order valence-corrected chi connectivity index (χ3v) is 5.05. The first-order valence-electron chi connectivity index (χ1n) is 8.17. The van der Waals surface area contributed by atoms with Crippen LogP contribution in [0.25, 0.3) is 0 Å². The number of amides is 1. The number of hydrogen-bond donors (Lipinski definition) is 1. The maximum absolute atomic E-state index is 12.5. The van der Waals surface area contributed by atoms with E-state index in [0.29, 0.717) is 39.1 Å². The molecule has 1 spiro atoms. The number of rotatable bonds is 4. The van der Waals surface area contributed by atoms with Crippen molar-refractivity contribution in [3.05, 3.63) is 33.3 Å². The number of likely N-dealkylation sites (tertiary alicyclic amines) is 1. The van der Waals surface area contributed by atoms with Gasteiger partial charge in [0.25, 0.3) is 5.69 Å². The summed E-state index contributed by atoms with van der Waals surface area (Å²) in [7, 11) is 0. The molecule has 2 aliphatic heterocycles. The lowest BCUT2D eigenvalue weighted by atomic mass is 10.0. The van der Waals surface area contributed by atoms with E-state index in [4.69, 9.17) is 21.1 Å². The van der Waals surface area contributed by atoms with Crippen LogP contribution in [0.2, 0.25) is 5.02 Å². The Hall–Kier alpha value is -1.74. The van der Waals surface area contributed by atoms with Gasteiger partial charge < -0.3 is 14.8 Å². The number of nitro groups is 1. The zero-order valence-electron chi connectivity index (χ0n) is 13.9. The molecule has 1 aromatic carbocycles. The number of carbonyl (C=O) groups is 1. The molecule has 1 atom stereocenters. The molecule has 1 N–H and O–H groups in total. The summed E-state index contributed by atoms with van der Waals surface area (Å²) in [6, 6.07) is 3.57. The number of carbonyl (C=O) groups excluding carboxylic acids is 1. The van der Waals surface area contributed by atoms with Crippen LogP contribution in [-0.4, -0.2) is 53.9 Å². The SMILES string of the molecule is CC(C(=O)Nc1cc([N+](=O)[O-])ccc1Cl)N1CCC2(CC1)OCCO2. The second-order valence-electron chi connectivity index (χ2n) is 6.23. The summed E-state index contributed by atoms with van der Waals surface area (Å²) in [6.45, 7) is 4.38. The van der Waals surface area contributed by atoms with Crippen molar-refractivity contribution in [2.24, 2.45) is 0 Å². The molecule has 1 unspecified atom stereocenters. The summed E-state index contributed by atoms with van der Waals surface area (Å²) >= 11 is 6.03. The Morgan fingerprint density at radius 1 is 1.36 bits per heavy atom. The normalized spacial score (nSPS) is 21.2. The smallest absolute Gasteiger partial charge is 0.271 e. The highest BCUT2D eigenvalue weighted by molar-refractivity contribution is 6.33. The van der Waals surface area contributed by atoms with E-state index >= 15 is 0 Å². The van der Waals surface area contributed by atoms with E-state index in [2.05, 4.69) is 5.32 Å². The minimum absolute atomic E-state index is 0.122. The lowest BCUT2D eigenvalue weighted by molar-refractivity contribution is -0.384. The summed E-state index contributed by atoms with van der Waals surface area (Å²) in [5.41, 5.74) is 0.117. The van der Waals surface area contributed by atoms with E-state index in [1.807, 2.05) is 4.90 Å². The highest BCUT2D eigenvalue weighted by atomic mass is 35.5. The number of ether oxygens (including phenoxy) is 2. The predicted octanol–water partition coefficient (Wildman–Crippen LogP) is 2.41. The molecule has 1 aromatic rings. The average molecular weight is 370 g/mol. The first kappa shape index (κ1) is 18.1. The first-order chi connectivity index (χ1) is 11.9. The molecule has 136 valence electrons. The maximum Gasteiger partial charge on any atom is 0.271 e. The van der Waals surface area contributed by atoms with E-state index in [9.17, 15) is 14.9 Å². The van der Waals surface area contributed by atoms with E-state index < -0.39 is 16.8 Å². The molecule has 9 heteroatoms. The highest BCUT2D eigenvalue weighted by Crippen LogP contribution is 2.32. The standard InChI is InChI=1S/C16H20ClN3O5/c1-11(19-6-4-16(5-7-19)24-8-9-25-16)15(21)18-14-10-12(20(22)23)2-3-13(14)17/h2-3,10-11H,4-9H2,1H3,(H,18,21). The van der Waals surface area contributed by atoms with Crippen molar-refractivity contribution in [2.75, 3.05) is 31.6 Å². The number of nitrogens with zero attached hydrogens (tertiary/aromatic N) is 2. The number of nitro benzene ring substituents is 1. The summed E-state index contributed by atoms with van der Waals surface area (Å²) in [5, 5.41) is 13.8. The summed E-state index contributed by atoms with van der Waals surface area (Å²) in [6.07, 6.45) is 1.42. The van der Waals surface area contributed by atoms with Gasteiger partial charge in [0.2, 0.25) is 5.91 Å². The number of piperidine rings is 1. The zero-order valence-corrected chi connectivity index (χ0v) is 14.6. The average Bonchev–Trinajstić information content (AvgIpc) is 3.04. The van der Waals surface area contributed by atoms with Gasteiger partial charge in [-0.15, -0.1) is 0 Å². The number of anilines is 1. The van der Waals surface area contributed by atoms with Crippen LogP contribution in [0, 0.1) is 10.1 Å². The van der Waals surface area contributed by atoms with Crippen molar-refractivity contribution in [2.45, 2.75) is 31.6 Å². The Morgan fingerprint density at radius 3 is 2.60 bits per heavy atom. The maximum atomic E-state index is 12.5. The molecule has 0 radical (unpaired) electrons. The van der Waals surface area contributed by atoms with Gasteiger partial charge in [0, 0.05) is 38.1 Å². The third-order valence-electron chi connectivity index (χ3n) is 4.72. The quantitative estimate of drug-likeness (QED) is 0.647. The van der Waals surface area contributed by atoms with Crippen molar-refractivity contribution in [1.82, 2.24) is 4.90 Å². The molecule has 2 fully saturated rings. The fourth-order valence-electron chi connectivity index (χ4n) is 3.16. The fraction of sp³-hybridized carbons (Fsp3) is 0.562. The monoisotopic (exact) mass is 369 g/mol. The van der Waals surface area contributed by atoms with Crippen LogP contribution in [0.4, 0.5) is 11.4 Å². The molecule has 8 nitrogen and oxygen atoms in total. The van der Waals surface area contributed by atoms with Crippen molar-refractivity contribution in [3.63, 3.8) is 0 Å². The zero-order chi connectivity index (χ0) is 18.0. The Morgan fingerprint density at radius 2 is 2.00 bits per heavy atom. The highest BCUT2D eigenvalue weighted by Gasteiger charge is 2.41. The molecule has 2 saturated heterocycles. The molecule has 2 aliphatic rings. The van der Waals surface area contributed by atoms with Crippen molar-refractivity contribution in [1.29, 1.82) is 0 Å². The van der Waals surface area contributed by atoms with Crippen LogP contribution < -0.4 is 5.32 Å². The summed E-state index contributed by atoms with van der Waals surface area (Å²) in [5.74, 6) is -0.748. The number of nitrogens with one attached hydrogen (secondary N) is 1. The second-order valence-corrected chi connectivity index (χ2v) is 6.64. The largest absolute Gasteiger partial charge is 0.347 e. The Balaban J connectivity index is 1.61. The van der Waals surface area contributed by atoms with Gasteiger partial charge in [0.05, 0.1) is 34.9 Å². The second kappa shape index (κ2) is 7.25. The Kier molecular flexibility index (Phi) is 5.24. The van der Waals surface area contributed by atoms with E-state index in [0.717, 1.165) is 0 Å². The molecule has 2 heterocycles. The molecular formula is C16H20ClN3O5. The van der Waals surface area contributed by atoms with Crippen LogP contribution >= 0.6 is 11.6 Å². The number of non-ortho nitro benzene ring substituents is 1. The van der Waals surface area contributed by atoms with Crippen LogP contribution in [0.1, 0.15) is 19.8 Å². The van der Waals surface area contributed by atoms with Crippen molar-refractivity contribution < 1.29 is 19.2 Å². The molecule has 1 amide bonds. The van der Waals surface area contributed by atoms with Gasteiger partial charge in [-0.2, -0.15) is 0 Å². The van der Waals surface area contributed by atoms with Gasteiger partial charge in [-0.05, 0) is 13.0 Å². The van der Waals surface area contributed by atoms with E-state index in [1.54, 1.807) is 6.92 Å². The van der Waals surface area contributed by atoms with Gasteiger partial charge in [-0.3, -0.25) is 19.8 Å². The summed E-state index contributed by atoms with van der Waals surface area (Å²) < 4.78 is 11.4. The molecule has 0 aromatic heterocycles. The van der Waals surface area contributed by atoms with Crippen molar-refractivity contribution >= 4 is 28.9 Å². The number of hydrogen-bond acceptors (Lipinski definition) is 6. The number of halogens is 1. The van der Waals surface area contributed by atoms with Crippen LogP contribution in [-0.2, 0) is 14.3 Å². The van der Waals surface area contributed by atoms with Crippen LogP contribution in [0.5, 0.6) is 0 Å². The third kappa shape index (κ3) is 3.92. The first-order valence-corrected chi connectivity index (χ1v) is 8.55. The van der Waals surface area contributed by atoms with Crippen LogP contribution in [0.3, 0.4) is 0 Å². The minimum atomic E-state index is -0.527. The van der Waals surface area contributed by atoms with E-state index in [-0.39, 0.29) is 22.3 Å². The lowest BCUT2D eigenvalue weighted by Gasteiger charge is -2.39. The molecule has 0 aliphatic carbocycles. The molecular weight excluding hydrogens is 350 g/mol. The number of benzene rings is 1.